The monoisotopic (exact) mass is 290 g/mol. The summed E-state index contributed by atoms with van der Waals surface area (Å²) >= 11 is 0. The minimum absolute atomic E-state index is 0.0508. The summed E-state index contributed by atoms with van der Waals surface area (Å²) in [5, 5.41) is 2.98. The van der Waals surface area contributed by atoms with Crippen LogP contribution in [0.5, 0.6) is 0 Å². The largest absolute Gasteiger partial charge is 0.326 e. The number of likely N-dealkylation sites (tertiary alicyclic amines) is 1. The number of amides is 1. The maximum absolute atomic E-state index is 12.3. The van der Waals surface area contributed by atoms with Crippen molar-refractivity contribution in [3.8, 4) is 0 Å². The number of carbonyl (C=O) groups excluding carboxylic acids is 1. The van der Waals surface area contributed by atoms with Crippen LogP contribution < -0.4 is 11.1 Å². The molecule has 1 fully saturated rings. The zero-order valence-corrected chi connectivity index (χ0v) is 13.2. The van der Waals surface area contributed by atoms with Crippen molar-refractivity contribution in [2.24, 2.45) is 5.73 Å². The van der Waals surface area contributed by atoms with Gasteiger partial charge in [-0.1, -0.05) is 12.1 Å². The number of benzene rings is 1. The van der Waals surface area contributed by atoms with Crippen LogP contribution in [0.1, 0.15) is 18.9 Å². The molecule has 116 valence electrons. The van der Waals surface area contributed by atoms with Crippen molar-refractivity contribution in [3.63, 3.8) is 0 Å². The van der Waals surface area contributed by atoms with Crippen LogP contribution >= 0.6 is 0 Å². The molecule has 0 radical (unpaired) electrons. The molecule has 3 N–H and O–H groups in total. The number of rotatable bonds is 5. The fraction of sp³-hybridized carbons (Fsp3) is 0.562. The summed E-state index contributed by atoms with van der Waals surface area (Å²) in [5.74, 6) is 0.0508. The van der Waals surface area contributed by atoms with Gasteiger partial charge >= 0.3 is 0 Å². The molecule has 1 amide bonds. The first-order valence-corrected chi connectivity index (χ1v) is 7.51. The lowest BCUT2D eigenvalue weighted by Crippen LogP contribution is -2.42. The predicted molar refractivity (Wildman–Crippen MR) is 86.1 cm³/mol. The SMILES string of the molecule is CC(C(=O)Nc1ccc(CN)cc1)N1CCC(N(C)C)C1. The predicted octanol–water partition coefficient (Wildman–Crippen LogP) is 1.11. The summed E-state index contributed by atoms with van der Waals surface area (Å²) in [6, 6.07) is 8.13. The molecule has 1 saturated heterocycles. The number of anilines is 1. The van der Waals surface area contributed by atoms with E-state index >= 15 is 0 Å². The average Bonchev–Trinajstić information content (AvgIpc) is 2.97. The summed E-state index contributed by atoms with van der Waals surface area (Å²) in [5.41, 5.74) is 7.46. The molecule has 0 saturated carbocycles. The van der Waals surface area contributed by atoms with Crippen LogP contribution in [-0.4, -0.2) is 55.0 Å². The van der Waals surface area contributed by atoms with Crippen LogP contribution in [0.4, 0.5) is 5.69 Å². The van der Waals surface area contributed by atoms with Gasteiger partial charge in [0.2, 0.25) is 5.91 Å². The minimum Gasteiger partial charge on any atom is -0.326 e. The second kappa shape index (κ2) is 7.02. The molecule has 0 bridgehead atoms. The Bertz CT molecular complexity index is 472. The fourth-order valence-corrected chi connectivity index (χ4v) is 2.68. The van der Waals surface area contributed by atoms with Crippen LogP contribution in [-0.2, 0) is 11.3 Å². The molecule has 0 aromatic heterocycles. The summed E-state index contributed by atoms with van der Waals surface area (Å²) in [7, 11) is 4.19. The van der Waals surface area contributed by atoms with Crippen LogP contribution in [0.25, 0.3) is 0 Å². The van der Waals surface area contributed by atoms with Gasteiger partial charge in [-0.3, -0.25) is 9.69 Å². The third kappa shape index (κ3) is 4.03. The molecule has 2 atom stereocenters. The van der Waals surface area contributed by atoms with Gasteiger partial charge in [-0.05, 0) is 45.1 Å². The number of nitrogens with zero attached hydrogens (tertiary/aromatic N) is 2. The normalized spacial score (nSPS) is 20.7. The molecule has 1 heterocycles. The number of likely N-dealkylation sites (N-methyl/N-ethyl adjacent to an activating group) is 1. The Morgan fingerprint density at radius 2 is 2.10 bits per heavy atom. The fourth-order valence-electron chi connectivity index (χ4n) is 2.68. The van der Waals surface area contributed by atoms with Gasteiger partial charge in [0, 0.05) is 31.4 Å². The molecule has 1 aromatic carbocycles. The van der Waals surface area contributed by atoms with Gasteiger partial charge in [-0.15, -0.1) is 0 Å². The van der Waals surface area contributed by atoms with Gasteiger partial charge in [-0.2, -0.15) is 0 Å². The van der Waals surface area contributed by atoms with E-state index < -0.39 is 0 Å². The van der Waals surface area contributed by atoms with E-state index in [2.05, 4.69) is 29.2 Å². The Hall–Kier alpha value is -1.43. The molecule has 2 rings (SSSR count). The Morgan fingerprint density at radius 1 is 1.43 bits per heavy atom. The van der Waals surface area contributed by atoms with E-state index in [-0.39, 0.29) is 11.9 Å². The molecular weight excluding hydrogens is 264 g/mol. The van der Waals surface area contributed by atoms with E-state index in [1.54, 1.807) is 0 Å². The highest BCUT2D eigenvalue weighted by molar-refractivity contribution is 5.94. The number of nitrogens with one attached hydrogen (secondary N) is 1. The van der Waals surface area contributed by atoms with E-state index in [1.165, 1.54) is 0 Å². The first-order chi connectivity index (χ1) is 10.0. The molecule has 0 spiro atoms. The second-order valence-electron chi connectivity index (χ2n) is 5.97. The number of hydrogen-bond donors (Lipinski definition) is 2. The zero-order valence-electron chi connectivity index (χ0n) is 13.2. The van der Waals surface area contributed by atoms with E-state index in [4.69, 9.17) is 5.73 Å². The van der Waals surface area contributed by atoms with E-state index in [9.17, 15) is 4.79 Å². The molecule has 1 aromatic rings. The molecule has 21 heavy (non-hydrogen) atoms. The highest BCUT2D eigenvalue weighted by Gasteiger charge is 2.30. The lowest BCUT2D eigenvalue weighted by molar-refractivity contribution is -0.120. The molecule has 2 unspecified atom stereocenters. The molecule has 0 aliphatic carbocycles. The summed E-state index contributed by atoms with van der Waals surface area (Å²) in [4.78, 5) is 16.8. The summed E-state index contributed by atoms with van der Waals surface area (Å²) < 4.78 is 0. The number of hydrogen-bond acceptors (Lipinski definition) is 4. The third-order valence-electron chi connectivity index (χ3n) is 4.31. The van der Waals surface area contributed by atoms with E-state index in [0.29, 0.717) is 12.6 Å². The van der Waals surface area contributed by atoms with Crippen molar-refractivity contribution in [2.75, 3.05) is 32.5 Å². The highest BCUT2D eigenvalue weighted by Crippen LogP contribution is 2.17. The lowest BCUT2D eigenvalue weighted by Gasteiger charge is -2.25. The van der Waals surface area contributed by atoms with Gasteiger partial charge in [0.05, 0.1) is 6.04 Å². The maximum atomic E-state index is 12.3. The van der Waals surface area contributed by atoms with Crippen LogP contribution in [0.3, 0.4) is 0 Å². The topological polar surface area (TPSA) is 61.6 Å². The van der Waals surface area contributed by atoms with Gasteiger partial charge < -0.3 is 16.0 Å². The average molecular weight is 290 g/mol. The van der Waals surface area contributed by atoms with Crippen molar-refractivity contribution in [3.05, 3.63) is 29.8 Å². The lowest BCUT2D eigenvalue weighted by atomic mass is 10.2. The number of nitrogens with two attached hydrogens (primary N) is 1. The van der Waals surface area contributed by atoms with Crippen LogP contribution in [0.15, 0.2) is 24.3 Å². The maximum Gasteiger partial charge on any atom is 0.241 e. The highest BCUT2D eigenvalue weighted by atomic mass is 16.2. The molecule has 5 nitrogen and oxygen atoms in total. The van der Waals surface area contributed by atoms with Crippen molar-refractivity contribution < 1.29 is 4.79 Å². The van der Waals surface area contributed by atoms with E-state index in [1.807, 2.05) is 31.2 Å². The van der Waals surface area contributed by atoms with Crippen LogP contribution in [0.2, 0.25) is 0 Å². The Labute approximate surface area is 127 Å². The Morgan fingerprint density at radius 3 is 2.62 bits per heavy atom. The summed E-state index contributed by atoms with van der Waals surface area (Å²) in [6.45, 7) is 4.42. The van der Waals surface area contributed by atoms with Gasteiger partial charge in [-0.25, -0.2) is 0 Å². The van der Waals surface area contributed by atoms with Crippen LogP contribution in [0, 0.1) is 0 Å². The second-order valence-corrected chi connectivity index (χ2v) is 5.97. The first kappa shape index (κ1) is 15.9. The standard InChI is InChI=1S/C16H26N4O/c1-12(20-9-8-15(11-20)19(2)3)16(21)18-14-6-4-13(10-17)5-7-14/h4-7,12,15H,8-11,17H2,1-3H3,(H,18,21). The van der Waals surface area contributed by atoms with Crippen molar-refractivity contribution in [1.29, 1.82) is 0 Å². The van der Waals surface area contributed by atoms with Gasteiger partial charge in [0.25, 0.3) is 0 Å². The van der Waals surface area contributed by atoms with Crippen molar-refractivity contribution >= 4 is 11.6 Å². The van der Waals surface area contributed by atoms with Gasteiger partial charge in [0.15, 0.2) is 0 Å². The summed E-state index contributed by atoms with van der Waals surface area (Å²) in [6.07, 6.45) is 1.12. The Balaban J connectivity index is 1.90. The first-order valence-electron chi connectivity index (χ1n) is 7.51. The number of carbonyl (C=O) groups is 1. The van der Waals surface area contributed by atoms with Crippen molar-refractivity contribution in [1.82, 2.24) is 9.80 Å². The van der Waals surface area contributed by atoms with Crippen molar-refractivity contribution in [2.45, 2.75) is 32.0 Å². The molecule has 1 aliphatic heterocycles. The van der Waals surface area contributed by atoms with Gasteiger partial charge in [0.1, 0.15) is 0 Å². The third-order valence-corrected chi connectivity index (χ3v) is 4.31. The van der Waals surface area contributed by atoms with E-state index in [0.717, 1.165) is 30.8 Å². The Kier molecular flexibility index (Phi) is 5.33. The smallest absolute Gasteiger partial charge is 0.241 e. The minimum atomic E-state index is -0.107. The molecule has 5 heteroatoms. The zero-order chi connectivity index (χ0) is 15.4. The molecular formula is C16H26N4O. The molecule has 1 aliphatic rings. The quantitative estimate of drug-likeness (QED) is 0.853.